The van der Waals surface area contributed by atoms with Gasteiger partial charge in [-0.25, -0.2) is 4.68 Å². The fraction of sp³-hybridized carbons (Fsp3) is 0.550. The molecule has 0 radical (unpaired) electrons. The van der Waals surface area contributed by atoms with Crippen LogP contribution in [0.4, 0.5) is 0 Å². The van der Waals surface area contributed by atoms with Gasteiger partial charge in [0.05, 0.1) is 12.2 Å². The zero-order chi connectivity index (χ0) is 18.5. The number of halogens is 2. The van der Waals surface area contributed by atoms with Crippen molar-refractivity contribution >= 4 is 30.7 Å². The zero-order valence-corrected chi connectivity index (χ0v) is 18.1. The number of carbonyl (C=O) groups is 1. The summed E-state index contributed by atoms with van der Waals surface area (Å²) in [6, 6.07) is 11.1. The van der Waals surface area contributed by atoms with Crippen molar-refractivity contribution in [1.82, 2.24) is 30.5 Å². The van der Waals surface area contributed by atoms with Gasteiger partial charge in [0, 0.05) is 25.7 Å². The van der Waals surface area contributed by atoms with Gasteiger partial charge in [0.25, 0.3) is 5.91 Å². The van der Waals surface area contributed by atoms with Crippen molar-refractivity contribution in [2.75, 3.05) is 26.2 Å². The van der Waals surface area contributed by atoms with E-state index in [-0.39, 0.29) is 36.8 Å². The number of hydrogen-bond donors (Lipinski definition) is 2. The third kappa shape index (κ3) is 6.40. The Balaban J connectivity index is 0.00000150. The number of benzene rings is 1. The number of rotatable bonds is 5. The minimum absolute atomic E-state index is 0. The summed E-state index contributed by atoms with van der Waals surface area (Å²) >= 11 is 0. The highest BCUT2D eigenvalue weighted by Gasteiger charge is 2.23. The third-order valence-corrected chi connectivity index (χ3v) is 5.60. The summed E-state index contributed by atoms with van der Waals surface area (Å²) < 4.78 is 1.86. The molecule has 2 fully saturated rings. The van der Waals surface area contributed by atoms with E-state index in [9.17, 15) is 4.79 Å². The van der Waals surface area contributed by atoms with Gasteiger partial charge in [-0.15, -0.1) is 29.9 Å². The van der Waals surface area contributed by atoms with Crippen LogP contribution in [0, 0.1) is 0 Å². The van der Waals surface area contributed by atoms with Crippen LogP contribution in [0.25, 0.3) is 0 Å². The Bertz CT molecular complexity index is 742. The molecule has 0 bridgehead atoms. The molecule has 0 saturated carbocycles. The van der Waals surface area contributed by atoms with Crippen molar-refractivity contribution < 1.29 is 4.79 Å². The fourth-order valence-electron chi connectivity index (χ4n) is 3.97. The average molecular weight is 441 g/mol. The Kier molecular flexibility index (Phi) is 9.36. The number of carbonyl (C=O) groups excluding carboxylic acids is 1. The lowest BCUT2D eigenvalue weighted by molar-refractivity contribution is 0.0903. The van der Waals surface area contributed by atoms with E-state index in [0.29, 0.717) is 11.7 Å². The topological polar surface area (TPSA) is 75.1 Å². The molecule has 2 aliphatic rings. The lowest BCUT2D eigenvalue weighted by Gasteiger charge is -2.32. The molecule has 1 amide bonds. The van der Waals surface area contributed by atoms with Crippen molar-refractivity contribution in [3.8, 4) is 0 Å². The Morgan fingerprint density at radius 2 is 1.76 bits per heavy atom. The van der Waals surface area contributed by atoms with Gasteiger partial charge >= 0.3 is 0 Å². The van der Waals surface area contributed by atoms with E-state index in [1.54, 1.807) is 6.20 Å². The highest BCUT2D eigenvalue weighted by atomic mass is 35.5. The quantitative estimate of drug-likeness (QED) is 0.746. The molecule has 0 unspecified atom stereocenters. The molecule has 1 aromatic carbocycles. The number of amides is 1. The molecule has 4 rings (SSSR count). The van der Waals surface area contributed by atoms with Gasteiger partial charge in [0.1, 0.15) is 0 Å². The van der Waals surface area contributed by atoms with Gasteiger partial charge in [0.15, 0.2) is 5.69 Å². The third-order valence-electron chi connectivity index (χ3n) is 5.60. The molecule has 2 N–H and O–H groups in total. The molecule has 2 saturated heterocycles. The number of nitrogens with one attached hydrogen (secondary N) is 2. The highest BCUT2D eigenvalue weighted by molar-refractivity contribution is 5.92. The van der Waals surface area contributed by atoms with Crippen LogP contribution in [0.2, 0.25) is 0 Å². The van der Waals surface area contributed by atoms with Crippen LogP contribution in [0.5, 0.6) is 0 Å². The molecule has 9 heteroatoms. The molecule has 0 aliphatic carbocycles. The maximum absolute atomic E-state index is 12.5. The van der Waals surface area contributed by atoms with E-state index in [4.69, 9.17) is 0 Å². The summed E-state index contributed by atoms with van der Waals surface area (Å²) in [5.41, 5.74) is 1.77. The Morgan fingerprint density at radius 1 is 1.07 bits per heavy atom. The molecule has 2 aromatic rings. The molecule has 0 spiro atoms. The van der Waals surface area contributed by atoms with Crippen LogP contribution in [0.1, 0.15) is 47.8 Å². The largest absolute Gasteiger partial charge is 0.348 e. The number of nitrogens with zero attached hydrogens (tertiary/aromatic N) is 4. The summed E-state index contributed by atoms with van der Waals surface area (Å²) in [4.78, 5) is 15.0. The maximum atomic E-state index is 12.5. The van der Waals surface area contributed by atoms with E-state index in [1.807, 2.05) is 10.7 Å². The first-order valence-electron chi connectivity index (χ1n) is 9.97. The van der Waals surface area contributed by atoms with Gasteiger partial charge in [-0.05, 0) is 44.3 Å². The predicted octanol–water partition coefficient (Wildman–Crippen LogP) is 2.44. The predicted molar refractivity (Wildman–Crippen MR) is 118 cm³/mol. The first-order chi connectivity index (χ1) is 13.3. The number of piperidine rings is 2. The molecule has 7 nitrogen and oxygen atoms in total. The zero-order valence-electron chi connectivity index (χ0n) is 16.5. The van der Waals surface area contributed by atoms with Crippen molar-refractivity contribution in [3.05, 3.63) is 47.8 Å². The van der Waals surface area contributed by atoms with Gasteiger partial charge in [-0.3, -0.25) is 9.69 Å². The smallest absolute Gasteiger partial charge is 0.273 e. The Morgan fingerprint density at radius 3 is 2.45 bits per heavy atom. The van der Waals surface area contributed by atoms with Crippen molar-refractivity contribution in [2.45, 2.75) is 44.3 Å². The Labute approximate surface area is 184 Å². The van der Waals surface area contributed by atoms with E-state index >= 15 is 0 Å². The summed E-state index contributed by atoms with van der Waals surface area (Å²) in [5.74, 6) is -0.100. The summed E-state index contributed by atoms with van der Waals surface area (Å²) in [6.07, 6.45) is 5.81. The number of likely N-dealkylation sites (tertiary alicyclic amines) is 1. The summed E-state index contributed by atoms with van der Waals surface area (Å²) in [5, 5.41) is 14.8. The molecule has 2 aliphatic heterocycles. The van der Waals surface area contributed by atoms with E-state index in [1.165, 1.54) is 5.56 Å². The average Bonchev–Trinajstić information content (AvgIpc) is 3.21. The minimum atomic E-state index is -0.100. The second-order valence-corrected chi connectivity index (χ2v) is 7.57. The van der Waals surface area contributed by atoms with E-state index in [0.717, 1.165) is 58.4 Å². The van der Waals surface area contributed by atoms with Gasteiger partial charge < -0.3 is 10.6 Å². The van der Waals surface area contributed by atoms with E-state index < -0.39 is 0 Å². The Hall–Kier alpha value is -1.67. The monoisotopic (exact) mass is 440 g/mol. The highest BCUT2D eigenvalue weighted by Crippen LogP contribution is 2.18. The molecule has 160 valence electrons. The normalized spacial score (nSPS) is 18.5. The van der Waals surface area contributed by atoms with Crippen molar-refractivity contribution in [3.63, 3.8) is 0 Å². The number of hydrogen-bond acceptors (Lipinski definition) is 5. The summed E-state index contributed by atoms with van der Waals surface area (Å²) in [7, 11) is 0. The fourth-order valence-corrected chi connectivity index (χ4v) is 3.97. The van der Waals surface area contributed by atoms with Crippen molar-refractivity contribution in [2.24, 2.45) is 0 Å². The van der Waals surface area contributed by atoms with Crippen molar-refractivity contribution in [1.29, 1.82) is 0 Å². The molecule has 1 aromatic heterocycles. The van der Waals surface area contributed by atoms with Crippen LogP contribution in [-0.2, 0) is 6.54 Å². The van der Waals surface area contributed by atoms with Crippen LogP contribution < -0.4 is 10.6 Å². The lowest BCUT2D eigenvalue weighted by Crippen LogP contribution is -2.44. The minimum Gasteiger partial charge on any atom is -0.348 e. The first-order valence-corrected chi connectivity index (χ1v) is 9.97. The first kappa shape index (κ1) is 23.6. The van der Waals surface area contributed by atoms with Gasteiger partial charge in [-0.1, -0.05) is 35.5 Å². The maximum Gasteiger partial charge on any atom is 0.273 e. The molecule has 3 heterocycles. The van der Waals surface area contributed by atoms with E-state index in [2.05, 4.69) is 50.1 Å². The second-order valence-electron chi connectivity index (χ2n) is 7.57. The van der Waals surface area contributed by atoms with Crippen LogP contribution in [0.3, 0.4) is 0 Å². The molecular weight excluding hydrogens is 411 g/mol. The van der Waals surface area contributed by atoms with Crippen LogP contribution in [0.15, 0.2) is 36.5 Å². The molecular formula is C20H30Cl2N6O. The van der Waals surface area contributed by atoms with Crippen LogP contribution in [-0.4, -0.2) is 58.0 Å². The van der Waals surface area contributed by atoms with Gasteiger partial charge in [0.2, 0.25) is 0 Å². The summed E-state index contributed by atoms with van der Waals surface area (Å²) in [6.45, 7) is 4.97. The molecule has 29 heavy (non-hydrogen) atoms. The van der Waals surface area contributed by atoms with Gasteiger partial charge in [-0.2, -0.15) is 0 Å². The van der Waals surface area contributed by atoms with Crippen LogP contribution >= 0.6 is 24.8 Å². The SMILES string of the molecule is Cl.Cl.O=C(NC1CCN(Cc2ccccc2)CC1)c1cn(C2CCNCC2)nn1. The lowest BCUT2D eigenvalue weighted by atomic mass is 10.0. The number of aromatic nitrogens is 3. The second kappa shape index (κ2) is 11.5. The standard InChI is InChI=1S/C20H28N6O.2ClH/c27-20(19-15-26(24-23-19)18-6-10-21-11-7-18)22-17-8-12-25(13-9-17)14-16-4-2-1-3-5-16;;/h1-5,15,17-18,21H,6-14H2,(H,22,27);2*1H. The molecule has 0 atom stereocenters.